The van der Waals surface area contributed by atoms with Crippen LogP contribution in [0.15, 0.2) is 54.6 Å². The zero-order valence-corrected chi connectivity index (χ0v) is 16.1. The van der Waals surface area contributed by atoms with Gasteiger partial charge in [0.15, 0.2) is 0 Å². The minimum Gasteiger partial charge on any atom is -0.354 e. The molecule has 1 amide bonds. The molecule has 0 radical (unpaired) electrons. The number of amides is 1. The highest BCUT2D eigenvalue weighted by Crippen LogP contribution is 2.18. The van der Waals surface area contributed by atoms with Crippen molar-refractivity contribution < 1.29 is 4.79 Å². The number of halogens is 1. The lowest BCUT2D eigenvalue weighted by Crippen LogP contribution is -2.32. The predicted molar refractivity (Wildman–Crippen MR) is 108 cm³/mol. The summed E-state index contributed by atoms with van der Waals surface area (Å²) >= 11 is 9.35. The molecule has 0 heterocycles. The van der Waals surface area contributed by atoms with Crippen LogP contribution in [0.5, 0.6) is 0 Å². The van der Waals surface area contributed by atoms with Gasteiger partial charge in [0.1, 0.15) is 0 Å². The summed E-state index contributed by atoms with van der Waals surface area (Å²) in [5.41, 5.74) is 2.50. The van der Waals surface area contributed by atoms with Gasteiger partial charge in [-0.15, -0.1) is 11.8 Å². The Morgan fingerprint density at radius 3 is 2.42 bits per heavy atom. The van der Waals surface area contributed by atoms with Crippen LogP contribution in [0.25, 0.3) is 0 Å². The summed E-state index contributed by atoms with van der Waals surface area (Å²) in [5, 5.41) is 3.74. The van der Waals surface area contributed by atoms with Crippen molar-refractivity contribution in [3.63, 3.8) is 0 Å². The number of nitrogens with one attached hydrogen (secondary N) is 1. The highest BCUT2D eigenvalue weighted by atomic mass is 35.5. The van der Waals surface area contributed by atoms with Crippen molar-refractivity contribution in [2.75, 3.05) is 12.3 Å². The third kappa shape index (κ3) is 7.20. The molecular weight excluding hydrogens is 358 g/mol. The minimum atomic E-state index is -0.0357. The molecule has 0 saturated carbocycles. The van der Waals surface area contributed by atoms with E-state index in [1.54, 1.807) is 11.8 Å². The first kappa shape index (κ1) is 19.2. The summed E-state index contributed by atoms with van der Waals surface area (Å²) in [6.45, 7) is 2.66. The largest absolute Gasteiger partial charge is 0.354 e. The second kappa shape index (κ2) is 10.7. The zero-order chi connectivity index (χ0) is 17.2. The number of carbonyl (C=O) groups is 1. The predicted octanol–water partition coefficient (Wildman–Crippen LogP) is 5.01. The normalized spacial score (nSPS) is 11.9. The molecule has 0 aliphatic heterocycles. The van der Waals surface area contributed by atoms with Gasteiger partial charge in [-0.1, -0.05) is 54.1 Å². The topological polar surface area (TPSA) is 29.1 Å². The van der Waals surface area contributed by atoms with E-state index in [0.29, 0.717) is 6.54 Å². The molecule has 2 rings (SSSR count). The summed E-state index contributed by atoms with van der Waals surface area (Å²) in [6, 6.07) is 18.1. The lowest BCUT2D eigenvalue weighted by Gasteiger charge is -2.12. The number of carbonyl (C=O) groups excluding carboxylic acids is 1. The Bertz CT molecular complexity index is 619. The van der Waals surface area contributed by atoms with Crippen LogP contribution in [0.1, 0.15) is 18.1 Å². The highest BCUT2D eigenvalue weighted by molar-refractivity contribution is 7.99. The second-order valence-corrected chi connectivity index (χ2v) is 8.28. The monoisotopic (exact) mass is 379 g/mol. The van der Waals surface area contributed by atoms with Crippen LogP contribution < -0.4 is 5.32 Å². The van der Waals surface area contributed by atoms with Gasteiger partial charge in [-0.25, -0.2) is 0 Å². The first-order valence-electron chi connectivity index (χ1n) is 7.90. The molecule has 0 bridgehead atoms. The van der Waals surface area contributed by atoms with Crippen LogP contribution >= 0.6 is 35.1 Å². The fraction of sp³-hybridized carbons (Fsp3) is 0.316. The second-order valence-electron chi connectivity index (χ2n) is 5.41. The van der Waals surface area contributed by atoms with Crippen LogP contribution in [0.2, 0.25) is 5.02 Å². The van der Waals surface area contributed by atoms with Crippen molar-refractivity contribution >= 4 is 41.0 Å². The van der Waals surface area contributed by atoms with Crippen molar-refractivity contribution in [3.05, 3.63) is 70.7 Å². The molecule has 1 N–H and O–H groups in total. The van der Waals surface area contributed by atoms with Gasteiger partial charge in [0.2, 0.25) is 5.91 Å². The molecule has 128 valence electrons. The molecule has 0 aromatic heterocycles. The van der Waals surface area contributed by atoms with E-state index >= 15 is 0 Å². The van der Waals surface area contributed by atoms with Gasteiger partial charge in [-0.2, -0.15) is 11.8 Å². The van der Waals surface area contributed by atoms with Crippen LogP contribution in [0.3, 0.4) is 0 Å². The molecule has 0 saturated heterocycles. The molecular formula is C19H22ClNOS2. The third-order valence-electron chi connectivity index (χ3n) is 3.44. The number of rotatable bonds is 9. The molecule has 0 unspecified atom stereocenters. The smallest absolute Gasteiger partial charge is 0.232 e. The summed E-state index contributed by atoms with van der Waals surface area (Å²) in [5.74, 6) is 2.82. The van der Waals surface area contributed by atoms with Crippen LogP contribution in [-0.4, -0.2) is 23.5 Å². The van der Waals surface area contributed by atoms with Crippen molar-refractivity contribution in [1.82, 2.24) is 5.32 Å². The Labute approximate surface area is 157 Å². The summed E-state index contributed by atoms with van der Waals surface area (Å²) in [4.78, 5) is 12.1. The zero-order valence-electron chi connectivity index (χ0n) is 13.7. The average molecular weight is 380 g/mol. The van der Waals surface area contributed by atoms with Crippen molar-refractivity contribution in [3.8, 4) is 0 Å². The molecule has 2 aromatic carbocycles. The maximum Gasteiger partial charge on any atom is 0.232 e. The third-order valence-corrected chi connectivity index (χ3v) is 5.94. The van der Waals surface area contributed by atoms with E-state index in [1.807, 2.05) is 61.2 Å². The van der Waals surface area contributed by atoms with Gasteiger partial charge >= 0.3 is 0 Å². The first-order chi connectivity index (χ1) is 11.6. The van der Waals surface area contributed by atoms with Crippen molar-refractivity contribution in [2.45, 2.75) is 23.7 Å². The fourth-order valence-corrected chi connectivity index (χ4v) is 3.85. The molecule has 0 spiro atoms. The van der Waals surface area contributed by atoms with Crippen LogP contribution in [-0.2, 0) is 16.3 Å². The lowest BCUT2D eigenvalue weighted by molar-refractivity contribution is -0.120. The Balaban J connectivity index is 1.57. The van der Waals surface area contributed by atoms with E-state index in [9.17, 15) is 4.79 Å². The van der Waals surface area contributed by atoms with Gasteiger partial charge in [-0.3, -0.25) is 4.79 Å². The Hall–Kier alpha value is -1.10. The van der Waals surface area contributed by atoms with Gasteiger partial charge < -0.3 is 5.32 Å². The van der Waals surface area contributed by atoms with Crippen LogP contribution in [0.4, 0.5) is 0 Å². The van der Waals surface area contributed by atoms with E-state index < -0.39 is 0 Å². The van der Waals surface area contributed by atoms with Gasteiger partial charge in [0, 0.05) is 28.8 Å². The molecule has 24 heavy (non-hydrogen) atoms. The maximum absolute atomic E-state index is 12.1. The van der Waals surface area contributed by atoms with E-state index in [1.165, 1.54) is 11.1 Å². The summed E-state index contributed by atoms with van der Waals surface area (Å²) in [7, 11) is 0. The van der Waals surface area contributed by atoms with Gasteiger partial charge in [0.25, 0.3) is 0 Å². The summed E-state index contributed by atoms with van der Waals surface area (Å²) < 4.78 is 0. The number of hydrogen-bond donors (Lipinski definition) is 1. The molecule has 2 aromatic rings. The molecule has 1 atom stereocenters. The molecule has 2 nitrogen and oxygen atoms in total. The van der Waals surface area contributed by atoms with Crippen LogP contribution in [0, 0.1) is 0 Å². The standard InChI is InChI=1S/C19H22ClNOS2/c1-15(24-14-16-5-3-2-4-6-16)19(22)21-11-12-23-13-17-7-9-18(20)10-8-17/h2-10,15H,11-14H2,1H3,(H,21,22)/t15-/m0/s1. The molecule has 0 fully saturated rings. The van der Waals surface area contributed by atoms with Crippen molar-refractivity contribution in [2.24, 2.45) is 0 Å². The maximum atomic E-state index is 12.1. The highest BCUT2D eigenvalue weighted by Gasteiger charge is 2.12. The first-order valence-corrected chi connectivity index (χ1v) is 10.5. The van der Waals surface area contributed by atoms with Gasteiger partial charge in [-0.05, 0) is 30.2 Å². The summed E-state index contributed by atoms with van der Waals surface area (Å²) in [6.07, 6.45) is 0. The number of thioether (sulfide) groups is 2. The fourth-order valence-electron chi connectivity index (χ4n) is 2.03. The Morgan fingerprint density at radius 1 is 1.04 bits per heavy atom. The SMILES string of the molecule is C[C@H](SCc1ccccc1)C(=O)NCCSCc1ccc(Cl)cc1. The van der Waals surface area contributed by atoms with E-state index in [-0.39, 0.29) is 11.2 Å². The van der Waals surface area contributed by atoms with E-state index in [2.05, 4.69) is 17.4 Å². The number of hydrogen-bond acceptors (Lipinski definition) is 3. The molecule has 0 aliphatic rings. The van der Waals surface area contributed by atoms with Gasteiger partial charge in [0.05, 0.1) is 5.25 Å². The lowest BCUT2D eigenvalue weighted by atomic mass is 10.2. The Morgan fingerprint density at radius 2 is 1.71 bits per heavy atom. The quantitative estimate of drug-likeness (QED) is 0.621. The average Bonchev–Trinajstić information content (AvgIpc) is 2.61. The van der Waals surface area contributed by atoms with Crippen molar-refractivity contribution in [1.29, 1.82) is 0 Å². The Kier molecular flexibility index (Phi) is 8.57. The van der Waals surface area contributed by atoms with E-state index in [4.69, 9.17) is 11.6 Å². The van der Waals surface area contributed by atoms with E-state index in [0.717, 1.165) is 22.3 Å². The minimum absolute atomic E-state index is 0.0357. The number of benzene rings is 2. The molecule has 0 aliphatic carbocycles. The molecule has 5 heteroatoms.